The van der Waals surface area contributed by atoms with Crippen molar-refractivity contribution in [3.63, 3.8) is 0 Å². The molecule has 0 spiro atoms. The molecule has 0 heterocycles. The van der Waals surface area contributed by atoms with Crippen molar-refractivity contribution in [3.8, 4) is 0 Å². The molecule has 0 aromatic heterocycles. The second-order valence-electron chi connectivity index (χ2n) is 2.75. The fourth-order valence-electron chi connectivity index (χ4n) is 0.776. The molecule has 7 heteroatoms. The third-order valence-corrected chi connectivity index (χ3v) is 4.01. The summed E-state index contributed by atoms with van der Waals surface area (Å²) in [5, 5.41) is 2.42. The Kier molecular flexibility index (Phi) is 6.06. The number of carbonyl (C=O) groups is 1. The minimum Gasteiger partial charge on any atom is -0.359 e. The van der Waals surface area contributed by atoms with Crippen LogP contribution in [0.4, 0.5) is 0 Å². The van der Waals surface area contributed by atoms with Gasteiger partial charge in [-0.15, -0.1) is 11.6 Å². The first-order chi connectivity index (χ1) is 6.44. The van der Waals surface area contributed by atoms with E-state index in [0.29, 0.717) is 0 Å². The zero-order valence-electron chi connectivity index (χ0n) is 8.29. The van der Waals surface area contributed by atoms with Gasteiger partial charge in [0, 0.05) is 32.9 Å². The summed E-state index contributed by atoms with van der Waals surface area (Å²) in [5.74, 6) is -0.219. The number of nitrogens with zero attached hydrogens (tertiary/aromatic N) is 1. The molecule has 0 saturated heterocycles. The van der Waals surface area contributed by atoms with Gasteiger partial charge in [-0.1, -0.05) is 0 Å². The van der Waals surface area contributed by atoms with Crippen LogP contribution in [-0.2, 0) is 14.8 Å². The lowest BCUT2D eigenvalue weighted by Gasteiger charge is -2.15. The highest BCUT2D eigenvalue weighted by Crippen LogP contribution is 2.00. The second-order valence-corrected chi connectivity index (χ2v) is 5.32. The Balaban J connectivity index is 4.08. The third-order valence-electron chi connectivity index (χ3n) is 1.74. The molecule has 0 aromatic rings. The maximum atomic E-state index is 11.3. The fourth-order valence-corrected chi connectivity index (χ4v) is 2.24. The number of alkyl halides is 1. The summed E-state index contributed by atoms with van der Waals surface area (Å²) >= 11 is 5.33. The van der Waals surface area contributed by atoms with Gasteiger partial charge in [-0.25, -0.2) is 12.7 Å². The van der Waals surface area contributed by atoms with Crippen LogP contribution in [0.2, 0.25) is 0 Å². The molecule has 0 bridgehead atoms. The van der Waals surface area contributed by atoms with Crippen LogP contribution in [0.3, 0.4) is 0 Å². The largest absolute Gasteiger partial charge is 0.359 e. The van der Waals surface area contributed by atoms with Crippen molar-refractivity contribution in [2.75, 3.05) is 32.3 Å². The third kappa shape index (κ3) is 4.78. The summed E-state index contributed by atoms with van der Waals surface area (Å²) in [6.07, 6.45) is 0.161. The first-order valence-corrected chi connectivity index (χ1v) is 6.29. The lowest BCUT2D eigenvalue weighted by Crippen LogP contribution is -2.33. The Morgan fingerprint density at radius 3 is 2.50 bits per heavy atom. The molecule has 0 rings (SSSR count). The summed E-state index contributed by atoms with van der Waals surface area (Å²) < 4.78 is 23.8. The monoisotopic (exact) mass is 242 g/mol. The standard InChI is InChI=1S/C7H15ClN2O3S/c1-9-7(11)3-5-10(2)14(12,13)6-4-8/h3-6H2,1-2H3,(H,9,11). The topological polar surface area (TPSA) is 66.5 Å². The van der Waals surface area contributed by atoms with E-state index in [1.165, 1.54) is 14.1 Å². The van der Waals surface area contributed by atoms with Gasteiger partial charge in [0.25, 0.3) is 0 Å². The Morgan fingerprint density at radius 1 is 1.50 bits per heavy atom. The molecule has 0 aromatic carbocycles. The molecule has 1 N–H and O–H groups in total. The van der Waals surface area contributed by atoms with E-state index in [9.17, 15) is 13.2 Å². The van der Waals surface area contributed by atoms with Gasteiger partial charge in [0.05, 0.1) is 5.75 Å². The molecular weight excluding hydrogens is 228 g/mol. The van der Waals surface area contributed by atoms with Gasteiger partial charge >= 0.3 is 0 Å². The van der Waals surface area contributed by atoms with Crippen LogP contribution < -0.4 is 5.32 Å². The molecule has 0 saturated carbocycles. The van der Waals surface area contributed by atoms with Crippen LogP contribution in [0.15, 0.2) is 0 Å². The normalized spacial score (nSPS) is 11.7. The minimum absolute atomic E-state index is 0.0622. The highest BCUT2D eigenvalue weighted by molar-refractivity contribution is 7.89. The highest BCUT2D eigenvalue weighted by atomic mass is 35.5. The number of carbonyl (C=O) groups excluding carboxylic acids is 1. The SMILES string of the molecule is CNC(=O)CCN(C)S(=O)(=O)CCCl. The first-order valence-electron chi connectivity index (χ1n) is 4.14. The van der Waals surface area contributed by atoms with E-state index in [4.69, 9.17) is 11.6 Å². The van der Waals surface area contributed by atoms with E-state index in [0.717, 1.165) is 4.31 Å². The number of hydrogen-bond donors (Lipinski definition) is 1. The molecule has 0 aliphatic heterocycles. The zero-order valence-corrected chi connectivity index (χ0v) is 9.86. The van der Waals surface area contributed by atoms with Gasteiger partial charge in [-0.2, -0.15) is 0 Å². The summed E-state index contributed by atoms with van der Waals surface area (Å²) in [6.45, 7) is 0.179. The van der Waals surface area contributed by atoms with Gasteiger partial charge in [0.15, 0.2) is 0 Å². The van der Waals surface area contributed by atoms with Crippen molar-refractivity contribution in [3.05, 3.63) is 0 Å². The predicted octanol–water partition coefficient (Wildman–Crippen LogP) is -0.377. The summed E-state index contributed by atoms with van der Waals surface area (Å²) in [5.41, 5.74) is 0. The first kappa shape index (κ1) is 13.7. The molecule has 0 fully saturated rings. The van der Waals surface area contributed by atoms with Crippen molar-refractivity contribution in [2.24, 2.45) is 0 Å². The Hall–Kier alpha value is -0.330. The Bertz CT molecular complexity index is 279. The minimum atomic E-state index is -3.29. The van der Waals surface area contributed by atoms with Gasteiger partial charge in [0.2, 0.25) is 15.9 Å². The average molecular weight is 243 g/mol. The van der Waals surface area contributed by atoms with Gasteiger partial charge in [-0.3, -0.25) is 4.79 Å². The molecule has 0 unspecified atom stereocenters. The van der Waals surface area contributed by atoms with Crippen LogP contribution >= 0.6 is 11.6 Å². The van der Waals surface area contributed by atoms with Crippen molar-refractivity contribution < 1.29 is 13.2 Å². The molecule has 0 atom stereocenters. The molecule has 1 amide bonds. The summed E-state index contributed by atoms with van der Waals surface area (Å²) in [7, 11) is -0.348. The average Bonchev–Trinajstić information content (AvgIpc) is 2.13. The quantitative estimate of drug-likeness (QED) is 0.646. The predicted molar refractivity (Wildman–Crippen MR) is 55.8 cm³/mol. The lowest BCUT2D eigenvalue weighted by atomic mass is 10.4. The maximum absolute atomic E-state index is 11.3. The molecule has 0 aliphatic carbocycles. The van der Waals surface area contributed by atoms with Crippen molar-refractivity contribution in [1.82, 2.24) is 9.62 Å². The molecule has 5 nitrogen and oxygen atoms in total. The molecule has 84 valence electrons. The number of sulfonamides is 1. The Labute approximate surface area is 89.5 Å². The van der Waals surface area contributed by atoms with Crippen molar-refractivity contribution in [1.29, 1.82) is 0 Å². The van der Waals surface area contributed by atoms with E-state index in [1.807, 2.05) is 0 Å². The van der Waals surface area contributed by atoms with E-state index in [1.54, 1.807) is 0 Å². The van der Waals surface area contributed by atoms with E-state index in [-0.39, 0.29) is 30.5 Å². The van der Waals surface area contributed by atoms with E-state index in [2.05, 4.69) is 5.32 Å². The fraction of sp³-hybridized carbons (Fsp3) is 0.857. The molecular formula is C7H15ClN2O3S. The number of amides is 1. The second kappa shape index (κ2) is 6.21. The van der Waals surface area contributed by atoms with Crippen LogP contribution in [0.1, 0.15) is 6.42 Å². The summed E-state index contributed by atoms with van der Waals surface area (Å²) in [4.78, 5) is 10.8. The number of rotatable bonds is 6. The highest BCUT2D eigenvalue weighted by Gasteiger charge is 2.17. The van der Waals surface area contributed by atoms with Crippen LogP contribution in [-0.4, -0.2) is 50.9 Å². The molecule has 0 aliphatic rings. The molecule has 14 heavy (non-hydrogen) atoms. The van der Waals surface area contributed by atoms with Gasteiger partial charge in [-0.05, 0) is 0 Å². The number of nitrogens with one attached hydrogen (secondary N) is 1. The van der Waals surface area contributed by atoms with E-state index >= 15 is 0 Å². The zero-order chi connectivity index (χ0) is 11.2. The number of hydrogen-bond acceptors (Lipinski definition) is 3. The Morgan fingerprint density at radius 2 is 2.07 bits per heavy atom. The van der Waals surface area contributed by atoms with Crippen LogP contribution in [0, 0.1) is 0 Å². The van der Waals surface area contributed by atoms with Crippen LogP contribution in [0.5, 0.6) is 0 Å². The van der Waals surface area contributed by atoms with E-state index < -0.39 is 10.0 Å². The maximum Gasteiger partial charge on any atom is 0.221 e. The lowest BCUT2D eigenvalue weighted by molar-refractivity contribution is -0.120. The van der Waals surface area contributed by atoms with Gasteiger partial charge in [0.1, 0.15) is 0 Å². The molecule has 0 radical (unpaired) electrons. The van der Waals surface area contributed by atoms with Gasteiger partial charge < -0.3 is 5.32 Å². The number of halogens is 1. The summed E-state index contributed by atoms with van der Waals surface area (Å²) in [6, 6.07) is 0. The smallest absolute Gasteiger partial charge is 0.221 e. The van der Waals surface area contributed by atoms with Crippen molar-refractivity contribution >= 4 is 27.5 Å². The van der Waals surface area contributed by atoms with Crippen LogP contribution in [0.25, 0.3) is 0 Å². The van der Waals surface area contributed by atoms with Crippen molar-refractivity contribution in [2.45, 2.75) is 6.42 Å².